The zero-order chi connectivity index (χ0) is 11.8. The van der Waals surface area contributed by atoms with E-state index >= 15 is 0 Å². The second-order valence-corrected chi connectivity index (χ2v) is 3.02. The van der Waals surface area contributed by atoms with Gasteiger partial charge in [0.2, 0.25) is 0 Å². The zero-order valence-electron chi connectivity index (χ0n) is 8.63. The third-order valence-corrected chi connectivity index (χ3v) is 1.90. The van der Waals surface area contributed by atoms with Gasteiger partial charge in [-0.3, -0.25) is 4.79 Å². The summed E-state index contributed by atoms with van der Waals surface area (Å²) in [6.45, 7) is -0.0462. The van der Waals surface area contributed by atoms with Crippen LogP contribution in [0.1, 0.15) is 15.9 Å². The van der Waals surface area contributed by atoms with Crippen LogP contribution in [0.15, 0.2) is 48.6 Å². The lowest BCUT2D eigenvalue weighted by Gasteiger charge is -1.94. The Hall–Kier alpha value is -2.18. The summed E-state index contributed by atoms with van der Waals surface area (Å²) in [7, 11) is 0. The Labute approximate surface area is 94.0 Å². The molecule has 0 aliphatic carbocycles. The van der Waals surface area contributed by atoms with Crippen LogP contribution >= 0.6 is 0 Å². The average molecular weight is 213 g/mol. The molecule has 1 aromatic carbocycles. The Morgan fingerprint density at radius 3 is 2.56 bits per heavy atom. The highest BCUT2D eigenvalue weighted by Gasteiger charge is 2.00. The first kappa shape index (κ1) is 11.9. The number of ketones is 1. The Bertz CT molecular complexity index is 450. The summed E-state index contributed by atoms with van der Waals surface area (Å²) >= 11 is 0. The van der Waals surface area contributed by atoms with Crippen LogP contribution in [0.5, 0.6) is 0 Å². The Kier molecular flexibility index (Phi) is 4.71. The maximum Gasteiger partial charge on any atom is 0.185 e. The highest BCUT2D eigenvalue weighted by Crippen LogP contribution is 2.04. The monoisotopic (exact) mass is 213 g/mol. The molecule has 0 atom stereocenters. The van der Waals surface area contributed by atoms with Gasteiger partial charge in [0.15, 0.2) is 5.78 Å². The molecule has 1 N–H and O–H groups in total. The van der Waals surface area contributed by atoms with E-state index in [9.17, 15) is 4.79 Å². The van der Waals surface area contributed by atoms with Gasteiger partial charge in [-0.1, -0.05) is 18.2 Å². The molecule has 0 spiro atoms. The van der Waals surface area contributed by atoms with E-state index in [2.05, 4.69) is 0 Å². The largest absolute Gasteiger partial charge is 0.392 e. The number of nitrogens with zero attached hydrogens (tertiary/aromatic N) is 1. The Morgan fingerprint density at radius 2 is 2.00 bits per heavy atom. The lowest BCUT2D eigenvalue weighted by Crippen LogP contribution is -1.93. The minimum absolute atomic E-state index is 0.0462. The van der Waals surface area contributed by atoms with Gasteiger partial charge >= 0.3 is 0 Å². The van der Waals surface area contributed by atoms with E-state index in [4.69, 9.17) is 10.4 Å². The van der Waals surface area contributed by atoms with Gasteiger partial charge in [-0.2, -0.15) is 5.26 Å². The van der Waals surface area contributed by atoms with Crippen LogP contribution < -0.4 is 0 Å². The van der Waals surface area contributed by atoms with E-state index in [0.29, 0.717) is 11.1 Å². The van der Waals surface area contributed by atoms with E-state index in [1.807, 2.05) is 6.07 Å². The van der Waals surface area contributed by atoms with E-state index in [1.165, 1.54) is 12.2 Å². The van der Waals surface area contributed by atoms with Gasteiger partial charge in [0.1, 0.15) is 0 Å². The normalized spacial score (nSPS) is 10.8. The molecule has 0 saturated heterocycles. The lowest BCUT2D eigenvalue weighted by atomic mass is 10.1. The van der Waals surface area contributed by atoms with E-state index in [0.717, 1.165) is 0 Å². The molecule has 0 unspecified atom stereocenters. The molecule has 0 radical (unpaired) electrons. The fourth-order valence-electron chi connectivity index (χ4n) is 1.09. The van der Waals surface area contributed by atoms with Crippen LogP contribution in [0, 0.1) is 11.3 Å². The SMILES string of the molecule is N#Cc1ccc(C(=O)/C=C/C=C/CO)cc1. The number of carbonyl (C=O) groups excluding carboxylic acids is 1. The molecule has 0 aliphatic heterocycles. The van der Waals surface area contributed by atoms with Gasteiger partial charge < -0.3 is 5.11 Å². The second kappa shape index (κ2) is 6.33. The smallest absolute Gasteiger partial charge is 0.185 e. The number of hydrogen-bond acceptors (Lipinski definition) is 3. The predicted octanol–water partition coefficient (Wildman–Crippen LogP) is 1.85. The number of carbonyl (C=O) groups is 1. The summed E-state index contributed by atoms with van der Waals surface area (Å²) in [5.41, 5.74) is 1.06. The maximum absolute atomic E-state index is 11.5. The zero-order valence-corrected chi connectivity index (χ0v) is 8.63. The molecule has 1 rings (SSSR count). The lowest BCUT2D eigenvalue weighted by molar-refractivity contribution is 0.104. The first-order valence-electron chi connectivity index (χ1n) is 4.76. The van der Waals surface area contributed by atoms with Crippen molar-refractivity contribution in [3.05, 3.63) is 59.7 Å². The number of nitriles is 1. The molecule has 0 amide bonds. The Balaban J connectivity index is 2.70. The fourth-order valence-corrected chi connectivity index (χ4v) is 1.09. The number of hydrogen-bond donors (Lipinski definition) is 1. The average Bonchev–Trinajstić information content (AvgIpc) is 2.34. The van der Waals surface area contributed by atoms with Crippen LogP contribution in [-0.2, 0) is 0 Å². The standard InChI is InChI=1S/C13H11NO2/c14-10-11-5-7-12(8-6-11)13(16)4-2-1-3-9-15/h1-8,15H,9H2/b3-1+,4-2+. The van der Waals surface area contributed by atoms with Gasteiger partial charge in [-0.15, -0.1) is 0 Å². The molecule has 16 heavy (non-hydrogen) atoms. The van der Waals surface area contributed by atoms with Gasteiger partial charge in [-0.25, -0.2) is 0 Å². The molecule has 3 heteroatoms. The van der Waals surface area contributed by atoms with Gasteiger partial charge in [-0.05, 0) is 30.3 Å². The number of aliphatic hydroxyl groups is 1. The molecular weight excluding hydrogens is 202 g/mol. The predicted molar refractivity (Wildman–Crippen MR) is 60.9 cm³/mol. The molecule has 0 saturated carbocycles. The van der Waals surface area contributed by atoms with Crippen molar-refractivity contribution in [2.24, 2.45) is 0 Å². The maximum atomic E-state index is 11.5. The van der Waals surface area contributed by atoms with Crippen molar-refractivity contribution in [1.29, 1.82) is 5.26 Å². The quantitative estimate of drug-likeness (QED) is 0.471. The van der Waals surface area contributed by atoms with Crippen LogP contribution in [0.25, 0.3) is 0 Å². The first-order chi connectivity index (χ1) is 7.77. The summed E-state index contributed by atoms with van der Waals surface area (Å²) < 4.78 is 0. The van der Waals surface area contributed by atoms with Gasteiger partial charge in [0.25, 0.3) is 0 Å². The van der Waals surface area contributed by atoms with Crippen LogP contribution in [-0.4, -0.2) is 17.5 Å². The minimum atomic E-state index is -0.132. The molecule has 3 nitrogen and oxygen atoms in total. The van der Waals surface area contributed by atoms with Crippen molar-refractivity contribution < 1.29 is 9.90 Å². The molecule has 0 fully saturated rings. The van der Waals surface area contributed by atoms with Crippen molar-refractivity contribution in [3.63, 3.8) is 0 Å². The highest BCUT2D eigenvalue weighted by molar-refractivity contribution is 6.04. The van der Waals surface area contributed by atoms with E-state index < -0.39 is 0 Å². The third-order valence-electron chi connectivity index (χ3n) is 1.90. The summed E-state index contributed by atoms with van der Waals surface area (Å²) in [6, 6.07) is 8.41. The second-order valence-electron chi connectivity index (χ2n) is 3.02. The topological polar surface area (TPSA) is 61.1 Å². The molecular formula is C13H11NO2. The summed E-state index contributed by atoms with van der Waals surface area (Å²) in [5.74, 6) is -0.132. The molecule has 0 aromatic heterocycles. The fraction of sp³-hybridized carbons (Fsp3) is 0.0769. The van der Waals surface area contributed by atoms with Gasteiger partial charge in [0.05, 0.1) is 18.2 Å². The Morgan fingerprint density at radius 1 is 1.31 bits per heavy atom. The minimum Gasteiger partial charge on any atom is -0.392 e. The van der Waals surface area contributed by atoms with Crippen LogP contribution in [0.2, 0.25) is 0 Å². The van der Waals surface area contributed by atoms with Crippen molar-refractivity contribution in [2.75, 3.05) is 6.61 Å². The van der Waals surface area contributed by atoms with Crippen molar-refractivity contribution in [2.45, 2.75) is 0 Å². The summed E-state index contributed by atoms with van der Waals surface area (Å²) in [4.78, 5) is 11.5. The highest BCUT2D eigenvalue weighted by atomic mass is 16.2. The van der Waals surface area contributed by atoms with Crippen molar-refractivity contribution in [1.82, 2.24) is 0 Å². The molecule has 0 heterocycles. The summed E-state index contributed by atoms with van der Waals surface area (Å²) in [6.07, 6.45) is 6.11. The van der Waals surface area contributed by atoms with Crippen molar-refractivity contribution >= 4 is 5.78 Å². The van der Waals surface area contributed by atoms with Crippen LogP contribution in [0.3, 0.4) is 0 Å². The number of allylic oxidation sites excluding steroid dienone is 3. The van der Waals surface area contributed by atoms with E-state index in [1.54, 1.807) is 36.4 Å². The number of rotatable bonds is 4. The van der Waals surface area contributed by atoms with E-state index in [-0.39, 0.29) is 12.4 Å². The number of aliphatic hydroxyl groups excluding tert-OH is 1. The first-order valence-corrected chi connectivity index (χ1v) is 4.76. The molecule has 80 valence electrons. The number of benzene rings is 1. The summed E-state index contributed by atoms with van der Waals surface area (Å²) in [5, 5.41) is 17.1. The van der Waals surface area contributed by atoms with Crippen LogP contribution in [0.4, 0.5) is 0 Å². The third kappa shape index (κ3) is 3.52. The molecule has 0 bridgehead atoms. The molecule has 1 aromatic rings. The van der Waals surface area contributed by atoms with Crippen molar-refractivity contribution in [3.8, 4) is 6.07 Å². The molecule has 0 aliphatic rings. The van der Waals surface area contributed by atoms with Gasteiger partial charge in [0, 0.05) is 5.56 Å².